The van der Waals surface area contributed by atoms with Gasteiger partial charge in [0.1, 0.15) is 6.42 Å². The molecule has 0 saturated carbocycles. The van der Waals surface area contributed by atoms with E-state index in [4.69, 9.17) is 4.52 Å². The lowest BCUT2D eigenvalue weighted by Gasteiger charge is -2.36. The van der Waals surface area contributed by atoms with Crippen molar-refractivity contribution in [3.8, 4) is 11.4 Å². The van der Waals surface area contributed by atoms with Gasteiger partial charge in [0.05, 0.1) is 0 Å². The summed E-state index contributed by atoms with van der Waals surface area (Å²) in [6.07, 6.45) is 0.142. The van der Waals surface area contributed by atoms with Crippen LogP contribution in [-0.4, -0.2) is 47.1 Å². The standard InChI is InChI=1S/C22H24N4O2/c1-16-6-5-8-18(14-16)25-10-12-26(13-11-25)21(27)15-20-23-22(24-28-20)19-9-4-3-7-17(19)2/h3-9,14H,10-13,15H2,1-2H3. The SMILES string of the molecule is Cc1cccc(N2CCN(C(=O)Cc3nc(-c4ccccc4C)no3)CC2)c1. The molecule has 1 saturated heterocycles. The number of nitrogens with zero attached hydrogens (tertiary/aromatic N) is 4. The van der Waals surface area contributed by atoms with Crippen LogP contribution in [0.3, 0.4) is 0 Å². The predicted molar refractivity (Wildman–Crippen MR) is 108 cm³/mol. The van der Waals surface area contributed by atoms with Crippen molar-refractivity contribution >= 4 is 11.6 Å². The molecule has 0 N–H and O–H groups in total. The lowest BCUT2D eigenvalue weighted by atomic mass is 10.1. The number of carbonyl (C=O) groups excluding carboxylic acids is 1. The number of carbonyl (C=O) groups is 1. The van der Waals surface area contributed by atoms with Gasteiger partial charge in [0.2, 0.25) is 17.6 Å². The van der Waals surface area contributed by atoms with Gasteiger partial charge in [-0.05, 0) is 37.1 Å². The molecule has 0 aliphatic carbocycles. The van der Waals surface area contributed by atoms with Gasteiger partial charge in [-0.25, -0.2) is 0 Å². The zero-order valence-corrected chi connectivity index (χ0v) is 16.3. The van der Waals surface area contributed by atoms with E-state index in [2.05, 4.69) is 46.2 Å². The van der Waals surface area contributed by atoms with Crippen molar-refractivity contribution in [1.29, 1.82) is 0 Å². The third-order valence-corrected chi connectivity index (χ3v) is 5.16. The first-order chi connectivity index (χ1) is 13.6. The summed E-state index contributed by atoms with van der Waals surface area (Å²) < 4.78 is 5.32. The van der Waals surface area contributed by atoms with Crippen LogP contribution < -0.4 is 4.90 Å². The minimum absolute atomic E-state index is 0.0314. The Morgan fingerprint density at radius 3 is 2.57 bits per heavy atom. The molecule has 1 aliphatic heterocycles. The smallest absolute Gasteiger partial charge is 0.236 e. The minimum atomic E-state index is 0.0314. The van der Waals surface area contributed by atoms with Crippen LogP contribution in [-0.2, 0) is 11.2 Å². The van der Waals surface area contributed by atoms with Crippen molar-refractivity contribution in [2.75, 3.05) is 31.1 Å². The Bertz CT molecular complexity index is 974. The largest absolute Gasteiger partial charge is 0.368 e. The highest BCUT2D eigenvalue weighted by atomic mass is 16.5. The van der Waals surface area contributed by atoms with Crippen LogP contribution in [0.5, 0.6) is 0 Å². The van der Waals surface area contributed by atoms with Crippen molar-refractivity contribution in [2.24, 2.45) is 0 Å². The van der Waals surface area contributed by atoms with Crippen LogP contribution in [0.15, 0.2) is 53.1 Å². The third kappa shape index (κ3) is 3.91. The average molecular weight is 376 g/mol. The minimum Gasteiger partial charge on any atom is -0.368 e. The third-order valence-electron chi connectivity index (χ3n) is 5.16. The molecule has 1 fully saturated rings. The fourth-order valence-corrected chi connectivity index (χ4v) is 3.54. The van der Waals surface area contributed by atoms with Gasteiger partial charge in [0, 0.05) is 37.4 Å². The number of aromatic nitrogens is 2. The summed E-state index contributed by atoms with van der Waals surface area (Å²) in [7, 11) is 0. The van der Waals surface area contributed by atoms with Crippen LogP contribution >= 0.6 is 0 Å². The molecule has 2 heterocycles. The number of anilines is 1. The number of rotatable bonds is 4. The maximum Gasteiger partial charge on any atom is 0.236 e. The van der Waals surface area contributed by atoms with E-state index in [1.165, 1.54) is 11.3 Å². The topological polar surface area (TPSA) is 62.5 Å². The van der Waals surface area contributed by atoms with E-state index in [0.717, 1.165) is 24.2 Å². The van der Waals surface area contributed by atoms with E-state index in [9.17, 15) is 4.79 Å². The van der Waals surface area contributed by atoms with Gasteiger partial charge in [-0.1, -0.05) is 41.6 Å². The van der Waals surface area contributed by atoms with E-state index in [1.54, 1.807) is 0 Å². The highest BCUT2D eigenvalue weighted by molar-refractivity contribution is 5.78. The number of amides is 1. The molecular formula is C22H24N4O2. The first-order valence-electron chi connectivity index (χ1n) is 9.58. The summed E-state index contributed by atoms with van der Waals surface area (Å²) in [6.45, 7) is 7.15. The second kappa shape index (κ2) is 7.84. The maximum absolute atomic E-state index is 12.7. The zero-order valence-electron chi connectivity index (χ0n) is 16.3. The van der Waals surface area contributed by atoms with Crippen molar-refractivity contribution in [2.45, 2.75) is 20.3 Å². The van der Waals surface area contributed by atoms with Gasteiger partial charge < -0.3 is 14.3 Å². The second-order valence-electron chi connectivity index (χ2n) is 7.21. The molecule has 6 heteroatoms. The van der Waals surface area contributed by atoms with Crippen molar-refractivity contribution in [1.82, 2.24) is 15.0 Å². The summed E-state index contributed by atoms with van der Waals surface area (Å²) in [5.74, 6) is 0.929. The van der Waals surface area contributed by atoms with Gasteiger partial charge in [-0.2, -0.15) is 4.98 Å². The van der Waals surface area contributed by atoms with Gasteiger partial charge in [-0.15, -0.1) is 0 Å². The summed E-state index contributed by atoms with van der Waals surface area (Å²) in [6, 6.07) is 16.3. The Morgan fingerprint density at radius 1 is 1.04 bits per heavy atom. The summed E-state index contributed by atoms with van der Waals surface area (Å²) in [4.78, 5) is 21.3. The first-order valence-corrected chi connectivity index (χ1v) is 9.58. The Hall–Kier alpha value is -3.15. The number of hydrogen-bond acceptors (Lipinski definition) is 5. The molecule has 28 heavy (non-hydrogen) atoms. The average Bonchev–Trinajstić information content (AvgIpc) is 3.16. The quantitative estimate of drug-likeness (QED) is 0.699. The van der Waals surface area contributed by atoms with E-state index in [-0.39, 0.29) is 12.3 Å². The van der Waals surface area contributed by atoms with Crippen LogP contribution in [0.4, 0.5) is 5.69 Å². The van der Waals surface area contributed by atoms with Gasteiger partial charge in [0.15, 0.2) is 0 Å². The number of benzene rings is 2. The molecule has 0 spiro atoms. The van der Waals surface area contributed by atoms with Gasteiger partial charge in [0.25, 0.3) is 0 Å². The van der Waals surface area contributed by atoms with Gasteiger partial charge >= 0.3 is 0 Å². The molecule has 4 rings (SSSR count). The molecule has 0 unspecified atom stereocenters. The highest BCUT2D eigenvalue weighted by Crippen LogP contribution is 2.21. The highest BCUT2D eigenvalue weighted by Gasteiger charge is 2.23. The molecule has 0 radical (unpaired) electrons. The lowest BCUT2D eigenvalue weighted by Crippen LogP contribution is -2.49. The Kier molecular flexibility index (Phi) is 5.10. The Morgan fingerprint density at radius 2 is 1.82 bits per heavy atom. The monoisotopic (exact) mass is 376 g/mol. The maximum atomic E-state index is 12.7. The van der Waals surface area contributed by atoms with Crippen LogP contribution in [0.2, 0.25) is 0 Å². The molecule has 0 atom stereocenters. The van der Waals surface area contributed by atoms with Crippen molar-refractivity contribution < 1.29 is 9.32 Å². The van der Waals surface area contributed by atoms with Gasteiger partial charge in [-0.3, -0.25) is 4.79 Å². The van der Waals surface area contributed by atoms with E-state index in [1.807, 2.05) is 36.1 Å². The summed E-state index contributed by atoms with van der Waals surface area (Å²) in [5, 5.41) is 4.04. The molecule has 1 aliphatic rings. The van der Waals surface area contributed by atoms with E-state index < -0.39 is 0 Å². The van der Waals surface area contributed by atoms with Crippen LogP contribution in [0.1, 0.15) is 17.0 Å². The zero-order chi connectivity index (χ0) is 19.5. The van der Waals surface area contributed by atoms with Crippen LogP contribution in [0, 0.1) is 13.8 Å². The molecule has 6 nitrogen and oxygen atoms in total. The molecule has 1 amide bonds. The normalized spacial score (nSPS) is 14.4. The molecule has 1 aromatic heterocycles. The molecular weight excluding hydrogens is 352 g/mol. The lowest BCUT2D eigenvalue weighted by molar-refractivity contribution is -0.131. The molecule has 144 valence electrons. The van der Waals surface area contributed by atoms with Crippen LogP contribution in [0.25, 0.3) is 11.4 Å². The molecule has 0 bridgehead atoms. The Labute approximate surface area is 164 Å². The number of aryl methyl sites for hydroxylation is 2. The Balaban J connectivity index is 1.36. The summed E-state index contributed by atoms with van der Waals surface area (Å²) >= 11 is 0. The number of piperazine rings is 1. The fraction of sp³-hybridized carbons (Fsp3) is 0.318. The van der Waals surface area contributed by atoms with Crippen molar-refractivity contribution in [3.05, 3.63) is 65.5 Å². The fourth-order valence-electron chi connectivity index (χ4n) is 3.54. The van der Waals surface area contributed by atoms with Crippen molar-refractivity contribution in [3.63, 3.8) is 0 Å². The summed E-state index contributed by atoms with van der Waals surface area (Å²) in [5.41, 5.74) is 4.47. The molecule has 2 aromatic carbocycles. The number of hydrogen-bond donors (Lipinski definition) is 0. The molecule has 3 aromatic rings. The first kappa shape index (κ1) is 18.2. The van der Waals surface area contributed by atoms with E-state index in [0.29, 0.717) is 24.8 Å². The second-order valence-corrected chi connectivity index (χ2v) is 7.21. The van der Waals surface area contributed by atoms with E-state index >= 15 is 0 Å². The predicted octanol–water partition coefficient (Wildman–Crippen LogP) is 3.24.